The number of hydrogen-bond donors (Lipinski definition) is 1. The van der Waals surface area contributed by atoms with Crippen LogP contribution < -0.4 is 5.73 Å². The second kappa shape index (κ2) is 5.26. The number of likely N-dealkylation sites (tertiary alicyclic amines) is 1. The van der Waals surface area contributed by atoms with E-state index >= 15 is 0 Å². The lowest BCUT2D eigenvalue weighted by Crippen LogP contribution is -2.42. The summed E-state index contributed by atoms with van der Waals surface area (Å²) in [5.41, 5.74) is 6.36. The van der Waals surface area contributed by atoms with Crippen LogP contribution in [0.4, 0.5) is 4.79 Å². The fraction of sp³-hybridized carbons (Fsp3) is 0.750. The van der Waals surface area contributed by atoms with Crippen molar-refractivity contribution in [3.8, 4) is 0 Å². The highest BCUT2D eigenvalue weighted by Gasteiger charge is 2.40. The molecule has 6 nitrogen and oxygen atoms in total. The SMILES string of the molecule is CC(C)(C)OC(=O)N1CCC(N)(c2cnn(C(C)(C)C)c2)C1. The Morgan fingerprint density at radius 2 is 1.95 bits per heavy atom. The van der Waals surface area contributed by atoms with E-state index in [1.807, 2.05) is 37.8 Å². The van der Waals surface area contributed by atoms with Gasteiger partial charge in [-0.05, 0) is 48.0 Å². The summed E-state index contributed by atoms with van der Waals surface area (Å²) >= 11 is 0. The molecule has 124 valence electrons. The van der Waals surface area contributed by atoms with Crippen molar-refractivity contribution in [2.24, 2.45) is 5.73 Å². The molecule has 1 aliphatic heterocycles. The maximum absolute atomic E-state index is 12.2. The minimum atomic E-state index is -0.555. The Balaban J connectivity index is 2.10. The molecule has 2 N–H and O–H groups in total. The van der Waals surface area contributed by atoms with E-state index in [9.17, 15) is 4.79 Å². The van der Waals surface area contributed by atoms with Crippen LogP contribution in [0.25, 0.3) is 0 Å². The molecule has 1 amide bonds. The number of aromatic nitrogens is 2. The van der Waals surface area contributed by atoms with E-state index in [1.54, 1.807) is 4.90 Å². The van der Waals surface area contributed by atoms with Gasteiger partial charge in [0.05, 0.1) is 17.3 Å². The molecular weight excluding hydrogens is 280 g/mol. The smallest absolute Gasteiger partial charge is 0.410 e. The van der Waals surface area contributed by atoms with Gasteiger partial charge in [0.1, 0.15) is 5.60 Å². The van der Waals surface area contributed by atoms with Crippen molar-refractivity contribution in [3.63, 3.8) is 0 Å². The van der Waals surface area contributed by atoms with Gasteiger partial charge in [0.2, 0.25) is 0 Å². The summed E-state index contributed by atoms with van der Waals surface area (Å²) in [5.74, 6) is 0. The maximum Gasteiger partial charge on any atom is 0.410 e. The molecule has 0 spiro atoms. The highest BCUT2D eigenvalue weighted by Crippen LogP contribution is 2.31. The summed E-state index contributed by atoms with van der Waals surface area (Å²) in [5, 5.41) is 4.41. The molecule has 22 heavy (non-hydrogen) atoms. The molecule has 1 unspecified atom stereocenters. The molecule has 0 aliphatic carbocycles. The van der Waals surface area contributed by atoms with Crippen molar-refractivity contribution in [2.45, 2.75) is 64.6 Å². The number of nitrogens with two attached hydrogens (primary N) is 1. The first-order valence-corrected chi connectivity index (χ1v) is 7.73. The van der Waals surface area contributed by atoms with Crippen molar-refractivity contribution < 1.29 is 9.53 Å². The van der Waals surface area contributed by atoms with Crippen LogP contribution in [-0.2, 0) is 15.8 Å². The molecule has 0 aromatic carbocycles. The quantitative estimate of drug-likeness (QED) is 0.864. The van der Waals surface area contributed by atoms with Crippen molar-refractivity contribution in [2.75, 3.05) is 13.1 Å². The maximum atomic E-state index is 12.2. The molecule has 1 aromatic heterocycles. The average Bonchev–Trinajstić information content (AvgIpc) is 2.92. The molecule has 1 saturated heterocycles. The number of carbonyl (C=O) groups excluding carboxylic acids is 1. The normalized spacial score (nSPS) is 23.0. The first-order chi connectivity index (χ1) is 9.91. The van der Waals surface area contributed by atoms with Gasteiger partial charge in [-0.1, -0.05) is 0 Å². The predicted octanol–water partition coefficient (Wildman–Crippen LogP) is 2.43. The summed E-state index contributed by atoms with van der Waals surface area (Å²) in [6.07, 6.45) is 4.20. The third-order valence-corrected chi connectivity index (χ3v) is 3.80. The van der Waals surface area contributed by atoms with Gasteiger partial charge in [-0.3, -0.25) is 4.68 Å². The average molecular weight is 308 g/mol. The predicted molar refractivity (Wildman–Crippen MR) is 85.5 cm³/mol. The van der Waals surface area contributed by atoms with E-state index in [2.05, 4.69) is 25.9 Å². The highest BCUT2D eigenvalue weighted by atomic mass is 16.6. The lowest BCUT2D eigenvalue weighted by Gasteiger charge is -2.26. The monoisotopic (exact) mass is 308 g/mol. The summed E-state index contributed by atoms with van der Waals surface area (Å²) < 4.78 is 7.33. The molecule has 0 bridgehead atoms. The summed E-state index contributed by atoms with van der Waals surface area (Å²) in [6, 6.07) is 0. The number of carbonyl (C=O) groups is 1. The van der Waals surface area contributed by atoms with Crippen LogP contribution >= 0.6 is 0 Å². The first-order valence-electron chi connectivity index (χ1n) is 7.73. The molecule has 6 heteroatoms. The van der Waals surface area contributed by atoms with Crippen molar-refractivity contribution in [1.82, 2.24) is 14.7 Å². The lowest BCUT2D eigenvalue weighted by atomic mass is 9.93. The molecule has 2 heterocycles. The lowest BCUT2D eigenvalue weighted by molar-refractivity contribution is 0.0284. The number of amides is 1. The largest absolute Gasteiger partial charge is 0.444 e. The van der Waals surface area contributed by atoms with Crippen LogP contribution in [0.5, 0.6) is 0 Å². The van der Waals surface area contributed by atoms with Gasteiger partial charge in [0.15, 0.2) is 0 Å². The fourth-order valence-corrected chi connectivity index (χ4v) is 2.50. The third-order valence-electron chi connectivity index (χ3n) is 3.80. The Morgan fingerprint density at radius 3 is 2.45 bits per heavy atom. The van der Waals surface area contributed by atoms with Crippen LogP contribution in [0.2, 0.25) is 0 Å². The summed E-state index contributed by atoms with van der Waals surface area (Å²) in [4.78, 5) is 13.9. The number of nitrogens with zero attached hydrogens (tertiary/aromatic N) is 3. The van der Waals surface area contributed by atoms with E-state index in [0.717, 1.165) is 5.56 Å². The van der Waals surface area contributed by atoms with Crippen LogP contribution in [0.15, 0.2) is 12.4 Å². The van der Waals surface area contributed by atoms with Crippen LogP contribution in [-0.4, -0.2) is 39.5 Å². The molecule has 1 fully saturated rings. The third kappa shape index (κ3) is 3.61. The van der Waals surface area contributed by atoms with Crippen molar-refractivity contribution in [3.05, 3.63) is 18.0 Å². The van der Waals surface area contributed by atoms with Crippen molar-refractivity contribution >= 4 is 6.09 Å². The van der Waals surface area contributed by atoms with Gasteiger partial charge in [-0.2, -0.15) is 5.10 Å². The zero-order chi connectivity index (χ0) is 16.8. The molecule has 1 aromatic rings. The zero-order valence-corrected chi connectivity index (χ0v) is 14.5. The molecule has 0 radical (unpaired) electrons. The Labute approximate surface area is 132 Å². The Morgan fingerprint density at radius 1 is 1.32 bits per heavy atom. The van der Waals surface area contributed by atoms with Crippen LogP contribution in [0.3, 0.4) is 0 Å². The van der Waals surface area contributed by atoms with Crippen LogP contribution in [0.1, 0.15) is 53.5 Å². The summed E-state index contributed by atoms with van der Waals surface area (Å²) in [7, 11) is 0. The van der Waals surface area contributed by atoms with Gasteiger partial charge in [0, 0.05) is 24.8 Å². The molecular formula is C16H28N4O2. The van der Waals surface area contributed by atoms with Gasteiger partial charge < -0.3 is 15.4 Å². The van der Waals surface area contributed by atoms with Gasteiger partial charge in [-0.25, -0.2) is 4.79 Å². The number of ether oxygens (including phenoxy) is 1. The van der Waals surface area contributed by atoms with E-state index in [-0.39, 0.29) is 11.6 Å². The number of hydrogen-bond acceptors (Lipinski definition) is 4. The number of rotatable bonds is 1. The zero-order valence-electron chi connectivity index (χ0n) is 14.5. The highest BCUT2D eigenvalue weighted by molar-refractivity contribution is 5.68. The molecule has 2 rings (SSSR count). The minimum Gasteiger partial charge on any atom is -0.444 e. The first kappa shape index (κ1) is 16.8. The van der Waals surface area contributed by atoms with Gasteiger partial charge >= 0.3 is 6.09 Å². The second-order valence-corrected chi connectivity index (χ2v) is 8.15. The van der Waals surface area contributed by atoms with E-state index in [4.69, 9.17) is 10.5 Å². The topological polar surface area (TPSA) is 73.4 Å². The minimum absolute atomic E-state index is 0.0853. The van der Waals surface area contributed by atoms with Gasteiger partial charge in [-0.15, -0.1) is 0 Å². The molecule has 0 saturated carbocycles. The van der Waals surface area contributed by atoms with E-state index in [1.165, 1.54) is 0 Å². The second-order valence-electron chi connectivity index (χ2n) is 8.15. The Kier molecular flexibility index (Phi) is 4.02. The Bertz CT molecular complexity index is 553. The van der Waals surface area contributed by atoms with E-state index < -0.39 is 11.1 Å². The van der Waals surface area contributed by atoms with Gasteiger partial charge in [0.25, 0.3) is 0 Å². The Hall–Kier alpha value is -1.56. The van der Waals surface area contributed by atoms with Crippen molar-refractivity contribution in [1.29, 1.82) is 0 Å². The standard InChI is InChI=1S/C16H28N4O2/c1-14(2,3)20-10-12(9-18-20)16(17)7-8-19(11-16)13(21)22-15(4,5)6/h9-10H,7-8,11,17H2,1-6H3. The summed E-state index contributed by atoms with van der Waals surface area (Å²) in [6.45, 7) is 12.9. The molecule has 1 aliphatic rings. The fourth-order valence-electron chi connectivity index (χ4n) is 2.50. The van der Waals surface area contributed by atoms with Crippen LogP contribution in [0, 0.1) is 0 Å². The van der Waals surface area contributed by atoms with E-state index in [0.29, 0.717) is 19.5 Å². The molecule has 1 atom stereocenters.